The molecule has 316 valence electrons. The minimum atomic E-state index is -5.08. The Bertz CT molecular complexity index is 1490. The van der Waals surface area contributed by atoms with Crippen molar-refractivity contribution in [2.45, 2.75) is 116 Å². The second-order valence-corrected chi connectivity index (χ2v) is 13.3. The fraction of sp³-hybridized carbons (Fsp3) is 0.600. The van der Waals surface area contributed by atoms with Crippen LogP contribution in [0.1, 0.15) is 78.7 Å². The van der Waals surface area contributed by atoms with Crippen LogP contribution in [0.25, 0.3) is 0 Å². The van der Waals surface area contributed by atoms with Gasteiger partial charge in [-0.05, 0) is 61.8 Å². The van der Waals surface area contributed by atoms with Crippen molar-refractivity contribution in [2.75, 3.05) is 6.54 Å². The second-order valence-electron chi connectivity index (χ2n) is 13.3. The average Bonchev–Trinajstić information content (AvgIpc) is 3.10. The molecule has 0 aliphatic heterocycles. The first-order chi connectivity index (χ1) is 25.9. The van der Waals surface area contributed by atoms with Gasteiger partial charge in [-0.1, -0.05) is 46.2 Å². The number of halogens is 3. The number of unbranched alkanes of at least 4 members (excludes halogenated alkanes) is 1. The Balaban J connectivity index is 0.00000392. The smallest absolute Gasteiger partial charge is 0.490 e. The van der Waals surface area contributed by atoms with Gasteiger partial charge in [0.1, 0.15) is 36.0 Å². The summed E-state index contributed by atoms with van der Waals surface area (Å²) < 4.78 is 31.7. The number of phenols is 1. The van der Waals surface area contributed by atoms with Gasteiger partial charge in [0.25, 0.3) is 0 Å². The molecule has 0 aliphatic rings. The lowest BCUT2D eigenvalue weighted by atomic mass is 9.95. The first-order valence-corrected chi connectivity index (χ1v) is 17.8. The molecule has 0 aromatic heterocycles. The van der Waals surface area contributed by atoms with Crippen molar-refractivity contribution in [2.24, 2.45) is 29.0 Å². The molecular formula is C35H55F3N8O10. The molecular weight excluding hydrogens is 749 g/mol. The summed E-state index contributed by atoms with van der Waals surface area (Å²) in [6.07, 6.45) is -3.51. The topological polar surface area (TPSA) is 315 Å². The van der Waals surface area contributed by atoms with Crippen LogP contribution in [-0.4, -0.2) is 100 Å². The summed E-state index contributed by atoms with van der Waals surface area (Å²) in [5, 5.41) is 29.9. The number of alkyl halides is 3. The summed E-state index contributed by atoms with van der Waals surface area (Å²) in [5.74, 6) is -8.35. The fourth-order valence-electron chi connectivity index (χ4n) is 4.92. The Morgan fingerprint density at radius 1 is 0.732 bits per heavy atom. The minimum absolute atomic E-state index is 0.00397. The predicted octanol–water partition coefficient (Wildman–Crippen LogP) is -0.406. The van der Waals surface area contributed by atoms with E-state index in [9.17, 15) is 51.8 Å². The van der Waals surface area contributed by atoms with Crippen molar-refractivity contribution in [3.63, 3.8) is 0 Å². The summed E-state index contributed by atoms with van der Waals surface area (Å²) in [6.45, 7) is 8.52. The third-order valence-electron chi connectivity index (χ3n) is 8.27. The third-order valence-corrected chi connectivity index (χ3v) is 8.27. The number of carbonyl (C=O) groups excluding carboxylic acids is 7. The van der Waals surface area contributed by atoms with Crippen LogP contribution in [0.3, 0.4) is 0 Å². The molecule has 0 heterocycles. The van der Waals surface area contributed by atoms with Crippen LogP contribution in [0.15, 0.2) is 24.3 Å². The third kappa shape index (κ3) is 19.7. The number of carboxylic acid groups (broad SMARTS) is 1. The van der Waals surface area contributed by atoms with Crippen LogP contribution in [0, 0.1) is 11.8 Å². The Morgan fingerprint density at radius 2 is 1.23 bits per heavy atom. The molecule has 1 aromatic rings. The van der Waals surface area contributed by atoms with Crippen molar-refractivity contribution < 1.29 is 61.7 Å². The van der Waals surface area contributed by atoms with E-state index in [-0.39, 0.29) is 31.4 Å². The number of aliphatic carboxylic acids is 1. The van der Waals surface area contributed by atoms with Crippen molar-refractivity contribution in [3.8, 4) is 5.75 Å². The molecule has 13 N–H and O–H groups in total. The first-order valence-electron chi connectivity index (χ1n) is 17.8. The number of nitrogens with two attached hydrogens (primary N) is 3. The molecule has 0 saturated heterocycles. The molecule has 0 bridgehead atoms. The van der Waals surface area contributed by atoms with Crippen LogP contribution in [0.4, 0.5) is 13.2 Å². The highest BCUT2D eigenvalue weighted by atomic mass is 19.4. The summed E-state index contributed by atoms with van der Waals surface area (Å²) in [6, 6.07) is 0.365. The molecule has 21 heteroatoms. The maximum atomic E-state index is 13.7. The zero-order valence-corrected chi connectivity index (χ0v) is 32.0. The van der Waals surface area contributed by atoms with Crippen molar-refractivity contribution >= 4 is 47.3 Å². The quantitative estimate of drug-likeness (QED) is 0.0672. The summed E-state index contributed by atoms with van der Waals surface area (Å²) in [4.78, 5) is 98.2. The lowest BCUT2D eigenvalue weighted by Crippen LogP contribution is -2.61. The second kappa shape index (κ2) is 24.8. The number of primary amides is 2. The number of hydrogen-bond acceptors (Lipinski definition) is 10. The minimum Gasteiger partial charge on any atom is -0.508 e. The predicted molar refractivity (Wildman–Crippen MR) is 196 cm³/mol. The maximum absolute atomic E-state index is 13.7. The first kappa shape index (κ1) is 50.5. The summed E-state index contributed by atoms with van der Waals surface area (Å²) >= 11 is 0. The van der Waals surface area contributed by atoms with Crippen LogP contribution in [0.5, 0.6) is 5.75 Å². The molecule has 7 amide bonds. The number of amides is 7. The van der Waals surface area contributed by atoms with Gasteiger partial charge >= 0.3 is 12.1 Å². The van der Waals surface area contributed by atoms with E-state index in [1.54, 1.807) is 32.9 Å². The normalized spacial score (nSPS) is 14.2. The van der Waals surface area contributed by atoms with Crippen molar-refractivity contribution in [3.05, 3.63) is 29.8 Å². The van der Waals surface area contributed by atoms with E-state index < -0.39 is 95.5 Å². The van der Waals surface area contributed by atoms with Gasteiger partial charge in [0, 0.05) is 19.8 Å². The van der Waals surface area contributed by atoms with Gasteiger partial charge in [0.15, 0.2) is 0 Å². The average molecular weight is 805 g/mol. The number of rotatable bonds is 22. The molecule has 6 atom stereocenters. The molecule has 18 nitrogen and oxygen atoms in total. The number of hydrogen-bond donors (Lipinski definition) is 10. The molecule has 0 spiro atoms. The van der Waals surface area contributed by atoms with Crippen LogP contribution < -0.4 is 43.8 Å². The van der Waals surface area contributed by atoms with Gasteiger partial charge in [-0.25, -0.2) is 4.79 Å². The highest BCUT2D eigenvalue weighted by Crippen LogP contribution is 2.15. The Morgan fingerprint density at radius 3 is 1.68 bits per heavy atom. The van der Waals surface area contributed by atoms with E-state index >= 15 is 0 Å². The van der Waals surface area contributed by atoms with Gasteiger partial charge in [0.05, 0.1) is 0 Å². The van der Waals surface area contributed by atoms with Gasteiger partial charge in [-0.2, -0.15) is 13.2 Å². The van der Waals surface area contributed by atoms with Crippen molar-refractivity contribution in [1.29, 1.82) is 0 Å². The lowest BCUT2D eigenvalue weighted by molar-refractivity contribution is -0.192. The van der Waals surface area contributed by atoms with Crippen molar-refractivity contribution in [1.82, 2.24) is 26.6 Å². The van der Waals surface area contributed by atoms with Gasteiger partial charge in [0.2, 0.25) is 41.4 Å². The summed E-state index contributed by atoms with van der Waals surface area (Å²) in [7, 11) is 0. The van der Waals surface area contributed by atoms with Crippen LogP contribution >= 0.6 is 0 Å². The number of nitrogens with one attached hydrogen (secondary N) is 5. The standard InChI is InChI=1S/C33H54N8O8.C2HF3O2/c1-6-19(4)28(41-30(46)24(37-20(5)42)14-15-26(35)44)33(49)40-27(18(2)3)32(48)39-25(17-21-10-12-22(43)13-11-21)31(47)38-23(29(36)45)9-7-8-16-34;3-2(4,5)1(6)7/h10-13,18-19,23-25,27-28,43H,6-9,14-17,34H2,1-5H3,(H2,35,44)(H2,36,45)(H,37,42)(H,38,47)(H,39,48)(H,40,49)(H,41,46);(H,6,7)/t19-,23-,24-,25-,27-,28-;/m0./s1. The van der Waals surface area contributed by atoms with Crippen LogP contribution in [0.2, 0.25) is 0 Å². The highest BCUT2D eigenvalue weighted by Gasteiger charge is 2.38. The fourth-order valence-corrected chi connectivity index (χ4v) is 4.92. The number of carboxylic acids is 1. The number of carbonyl (C=O) groups is 8. The molecule has 0 unspecified atom stereocenters. The summed E-state index contributed by atoms with van der Waals surface area (Å²) in [5.41, 5.74) is 16.9. The maximum Gasteiger partial charge on any atom is 0.490 e. The number of phenolic OH excluding ortho intramolecular Hbond substituents is 1. The molecule has 0 fully saturated rings. The van der Waals surface area contributed by atoms with E-state index in [0.717, 1.165) is 0 Å². The van der Waals surface area contributed by atoms with E-state index in [1.165, 1.54) is 19.1 Å². The molecule has 0 radical (unpaired) electrons. The zero-order chi connectivity index (χ0) is 43.3. The number of benzene rings is 1. The van der Waals surface area contributed by atoms with Gasteiger partial charge in [-0.15, -0.1) is 0 Å². The Kier molecular flexibility index (Phi) is 22.4. The highest BCUT2D eigenvalue weighted by molar-refractivity contribution is 5.96. The van der Waals surface area contributed by atoms with Gasteiger partial charge in [-0.3, -0.25) is 33.6 Å². The van der Waals surface area contributed by atoms with Crippen LogP contribution in [-0.2, 0) is 44.8 Å². The van der Waals surface area contributed by atoms with E-state index in [0.29, 0.717) is 31.4 Å². The van der Waals surface area contributed by atoms with E-state index in [4.69, 9.17) is 27.1 Å². The Labute approximate surface area is 322 Å². The number of aromatic hydroxyl groups is 1. The van der Waals surface area contributed by atoms with Gasteiger partial charge < -0.3 is 54.0 Å². The molecule has 0 saturated carbocycles. The SMILES string of the molecule is CC[C@H](C)[C@H](NC(=O)[C@H](CCC(N)=O)NC(C)=O)C(=O)N[C@H](C(=O)N[C@@H](Cc1ccc(O)cc1)C(=O)N[C@@H](CCCCN)C(N)=O)C(C)C.O=C(O)C(F)(F)F. The largest absolute Gasteiger partial charge is 0.508 e. The Hall–Kier alpha value is -5.47. The molecule has 1 rings (SSSR count). The molecule has 56 heavy (non-hydrogen) atoms. The monoisotopic (exact) mass is 804 g/mol. The van der Waals surface area contributed by atoms with E-state index in [1.807, 2.05) is 6.92 Å². The van der Waals surface area contributed by atoms with E-state index in [2.05, 4.69) is 26.6 Å². The molecule has 0 aliphatic carbocycles. The molecule has 1 aromatic carbocycles. The lowest BCUT2D eigenvalue weighted by Gasteiger charge is -2.30. The zero-order valence-electron chi connectivity index (χ0n) is 32.0.